The van der Waals surface area contributed by atoms with Crippen LogP contribution in [-0.4, -0.2) is 10.8 Å². The Bertz CT molecular complexity index is 421. The van der Waals surface area contributed by atoms with Crippen LogP contribution < -0.4 is 15.8 Å². The van der Waals surface area contributed by atoms with E-state index in [4.69, 9.17) is 12.2 Å². The van der Waals surface area contributed by atoms with E-state index in [9.17, 15) is 0 Å². The second-order valence-electron chi connectivity index (χ2n) is 5.36. The SMILES string of the molecule is CCCCCC[C@@]1(C)NC(=S)N(c2ccccc2)N1. The summed E-state index contributed by atoms with van der Waals surface area (Å²) in [6.45, 7) is 4.41. The van der Waals surface area contributed by atoms with Crippen molar-refractivity contribution in [2.24, 2.45) is 0 Å². The minimum Gasteiger partial charge on any atom is -0.342 e. The maximum absolute atomic E-state index is 5.43. The summed E-state index contributed by atoms with van der Waals surface area (Å²) < 4.78 is 0. The Morgan fingerprint density at radius 1 is 1.16 bits per heavy atom. The molecular formula is C15H23N3S. The molecule has 0 aromatic heterocycles. The van der Waals surface area contributed by atoms with Gasteiger partial charge < -0.3 is 5.32 Å². The van der Waals surface area contributed by atoms with E-state index in [1.807, 2.05) is 23.2 Å². The highest BCUT2D eigenvalue weighted by Gasteiger charge is 2.35. The lowest BCUT2D eigenvalue weighted by atomic mass is 10.0. The largest absolute Gasteiger partial charge is 0.342 e. The predicted octanol–water partition coefficient (Wildman–Crippen LogP) is 3.57. The molecule has 1 aliphatic heterocycles. The van der Waals surface area contributed by atoms with Crippen molar-refractivity contribution < 1.29 is 0 Å². The third-order valence-corrected chi connectivity index (χ3v) is 3.77. The zero-order valence-corrected chi connectivity index (χ0v) is 12.6. The average Bonchev–Trinajstić information content (AvgIpc) is 2.72. The van der Waals surface area contributed by atoms with Crippen molar-refractivity contribution in [2.45, 2.75) is 51.6 Å². The molecule has 2 N–H and O–H groups in total. The monoisotopic (exact) mass is 277 g/mol. The van der Waals surface area contributed by atoms with Crippen molar-refractivity contribution in [2.75, 3.05) is 5.01 Å². The summed E-state index contributed by atoms with van der Waals surface area (Å²) >= 11 is 5.43. The van der Waals surface area contributed by atoms with E-state index in [1.165, 1.54) is 25.7 Å². The van der Waals surface area contributed by atoms with Gasteiger partial charge in [0.15, 0.2) is 5.11 Å². The Hall–Kier alpha value is -1.13. The highest BCUT2D eigenvalue weighted by atomic mass is 32.1. The highest BCUT2D eigenvalue weighted by molar-refractivity contribution is 7.80. The summed E-state index contributed by atoms with van der Waals surface area (Å²) in [6, 6.07) is 10.2. The molecule has 1 aliphatic rings. The molecule has 1 heterocycles. The van der Waals surface area contributed by atoms with Gasteiger partial charge in [-0.15, -0.1) is 0 Å². The van der Waals surface area contributed by atoms with Gasteiger partial charge in [-0.2, -0.15) is 0 Å². The molecule has 0 spiro atoms. The fraction of sp³-hybridized carbons (Fsp3) is 0.533. The van der Waals surface area contributed by atoms with E-state index in [2.05, 4.69) is 36.7 Å². The summed E-state index contributed by atoms with van der Waals surface area (Å²) in [5, 5.41) is 6.12. The van der Waals surface area contributed by atoms with Crippen LogP contribution in [-0.2, 0) is 0 Å². The molecule has 4 heteroatoms. The van der Waals surface area contributed by atoms with Crippen molar-refractivity contribution in [1.29, 1.82) is 0 Å². The summed E-state index contributed by atoms with van der Waals surface area (Å²) in [7, 11) is 0. The minimum atomic E-state index is -0.124. The summed E-state index contributed by atoms with van der Waals surface area (Å²) in [4.78, 5) is 0. The van der Waals surface area contributed by atoms with Gasteiger partial charge in [0.25, 0.3) is 0 Å². The molecule has 0 saturated carbocycles. The van der Waals surface area contributed by atoms with Gasteiger partial charge in [0.1, 0.15) is 5.66 Å². The van der Waals surface area contributed by atoms with Crippen molar-refractivity contribution in [3.63, 3.8) is 0 Å². The first-order chi connectivity index (χ1) is 9.14. The minimum absolute atomic E-state index is 0.124. The summed E-state index contributed by atoms with van der Waals surface area (Å²) in [5.41, 5.74) is 4.45. The maximum Gasteiger partial charge on any atom is 0.189 e. The van der Waals surface area contributed by atoms with Crippen molar-refractivity contribution in [3.8, 4) is 0 Å². The molecule has 1 saturated heterocycles. The van der Waals surface area contributed by atoms with Crippen LogP contribution >= 0.6 is 12.2 Å². The topological polar surface area (TPSA) is 27.3 Å². The van der Waals surface area contributed by atoms with Gasteiger partial charge in [0.05, 0.1) is 5.69 Å². The molecule has 0 bridgehead atoms. The standard InChI is InChI=1S/C15H23N3S/c1-3-4-5-9-12-15(2)16-14(19)18(17-15)13-10-7-6-8-11-13/h6-8,10-11,17H,3-5,9,12H2,1-2H3,(H,16,19)/t15-/m0/s1. The molecule has 3 nitrogen and oxygen atoms in total. The molecule has 19 heavy (non-hydrogen) atoms. The van der Waals surface area contributed by atoms with Crippen LogP contribution in [0.3, 0.4) is 0 Å². The lowest BCUT2D eigenvalue weighted by Crippen LogP contribution is -2.48. The van der Waals surface area contributed by atoms with Gasteiger partial charge in [0, 0.05) is 0 Å². The fourth-order valence-corrected chi connectivity index (χ4v) is 2.78. The number of hydrazine groups is 1. The Labute approximate surface area is 121 Å². The molecular weight excluding hydrogens is 254 g/mol. The first kappa shape index (κ1) is 14.3. The van der Waals surface area contributed by atoms with E-state index >= 15 is 0 Å². The molecule has 1 atom stereocenters. The van der Waals surface area contributed by atoms with Crippen LogP contribution in [0.4, 0.5) is 5.69 Å². The van der Waals surface area contributed by atoms with Crippen LogP contribution in [0.5, 0.6) is 0 Å². The van der Waals surface area contributed by atoms with Crippen LogP contribution in [0.2, 0.25) is 0 Å². The number of nitrogens with zero attached hydrogens (tertiary/aromatic N) is 1. The number of nitrogens with one attached hydrogen (secondary N) is 2. The molecule has 2 rings (SSSR count). The molecule has 1 fully saturated rings. The van der Waals surface area contributed by atoms with Gasteiger partial charge in [-0.1, -0.05) is 44.4 Å². The number of benzene rings is 1. The third-order valence-electron chi connectivity index (χ3n) is 3.49. The number of anilines is 1. The van der Waals surface area contributed by atoms with Gasteiger partial charge in [-0.3, -0.25) is 5.01 Å². The maximum atomic E-state index is 5.43. The van der Waals surface area contributed by atoms with Crippen LogP contribution in [0.25, 0.3) is 0 Å². The Morgan fingerprint density at radius 3 is 2.58 bits per heavy atom. The quantitative estimate of drug-likeness (QED) is 0.614. The van der Waals surface area contributed by atoms with Gasteiger partial charge >= 0.3 is 0 Å². The Morgan fingerprint density at radius 2 is 1.89 bits per heavy atom. The van der Waals surface area contributed by atoms with E-state index in [0.29, 0.717) is 0 Å². The zero-order chi connectivity index (χ0) is 13.7. The molecule has 1 aromatic carbocycles. The molecule has 1 aromatic rings. The predicted molar refractivity (Wildman–Crippen MR) is 85.0 cm³/mol. The molecule has 0 amide bonds. The first-order valence-corrected chi connectivity index (χ1v) is 7.50. The first-order valence-electron chi connectivity index (χ1n) is 7.10. The van der Waals surface area contributed by atoms with Crippen LogP contribution in [0.1, 0.15) is 46.0 Å². The van der Waals surface area contributed by atoms with Crippen molar-refractivity contribution in [1.82, 2.24) is 10.7 Å². The number of rotatable bonds is 6. The summed E-state index contributed by atoms with van der Waals surface area (Å²) in [5.74, 6) is 0. The van der Waals surface area contributed by atoms with Crippen molar-refractivity contribution >= 4 is 23.0 Å². The average molecular weight is 277 g/mol. The molecule has 0 aliphatic carbocycles. The lowest BCUT2D eigenvalue weighted by Gasteiger charge is -2.25. The number of hydrogen-bond donors (Lipinski definition) is 2. The fourth-order valence-electron chi connectivity index (χ4n) is 2.40. The molecule has 0 radical (unpaired) electrons. The van der Waals surface area contributed by atoms with Crippen LogP contribution in [0, 0.1) is 0 Å². The van der Waals surface area contributed by atoms with Gasteiger partial charge in [0.2, 0.25) is 0 Å². The second kappa shape index (κ2) is 6.35. The number of para-hydroxylation sites is 1. The lowest BCUT2D eigenvalue weighted by molar-refractivity contribution is 0.333. The molecule has 104 valence electrons. The number of thiocarbonyl (C=S) groups is 1. The van der Waals surface area contributed by atoms with Gasteiger partial charge in [-0.05, 0) is 44.1 Å². The summed E-state index contributed by atoms with van der Waals surface area (Å²) in [6.07, 6.45) is 6.16. The van der Waals surface area contributed by atoms with E-state index < -0.39 is 0 Å². The smallest absolute Gasteiger partial charge is 0.189 e. The molecule has 0 unspecified atom stereocenters. The van der Waals surface area contributed by atoms with E-state index in [1.54, 1.807) is 0 Å². The van der Waals surface area contributed by atoms with E-state index in [-0.39, 0.29) is 5.66 Å². The Balaban J connectivity index is 1.94. The normalized spacial score (nSPS) is 22.6. The van der Waals surface area contributed by atoms with E-state index in [0.717, 1.165) is 17.2 Å². The highest BCUT2D eigenvalue weighted by Crippen LogP contribution is 2.22. The Kier molecular flexibility index (Phi) is 4.77. The number of unbranched alkanes of at least 4 members (excludes halogenated alkanes) is 3. The zero-order valence-electron chi connectivity index (χ0n) is 11.8. The number of hydrogen-bond acceptors (Lipinski definition) is 2. The van der Waals surface area contributed by atoms with Crippen molar-refractivity contribution in [3.05, 3.63) is 30.3 Å². The van der Waals surface area contributed by atoms with Gasteiger partial charge in [-0.25, -0.2) is 5.43 Å². The third kappa shape index (κ3) is 3.67. The van der Waals surface area contributed by atoms with Crippen LogP contribution in [0.15, 0.2) is 30.3 Å². The second-order valence-corrected chi connectivity index (χ2v) is 5.74.